The summed E-state index contributed by atoms with van der Waals surface area (Å²) in [7, 11) is 0. The quantitative estimate of drug-likeness (QED) is 0.342. The van der Waals surface area contributed by atoms with Gasteiger partial charge in [0.15, 0.2) is 5.15 Å². The van der Waals surface area contributed by atoms with E-state index in [0.29, 0.717) is 40.4 Å². The number of hydrogen-bond acceptors (Lipinski definition) is 7. The van der Waals surface area contributed by atoms with Crippen LogP contribution < -0.4 is 11.3 Å². The maximum Gasteiger partial charge on any atom is 0.251 e. The number of tetrazole rings is 1. The van der Waals surface area contributed by atoms with Crippen LogP contribution in [-0.4, -0.2) is 39.7 Å². The summed E-state index contributed by atoms with van der Waals surface area (Å²) >= 11 is 12.7. The fourth-order valence-corrected chi connectivity index (χ4v) is 5.00. The maximum atomic E-state index is 14.4. The van der Waals surface area contributed by atoms with Gasteiger partial charge in [-0.1, -0.05) is 23.2 Å². The molecule has 3 N–H and O–H groups in total. The number of aromatic amines is 1. The lowest BCUT2D eigenvalue weighted by Crippen LogP contribution is -2.23. The molecule has 1 aliphatic rings. The number of fused-ring (bicyclic) bond motifs is 1. The molecule has 1 aromatic carbocycles. The molecule has 0 aliphatic carbocycles. The first-order valence-corrected chi connectivity index (χ1v) is 11.6. The minimum absolute atomic E-state index is 0.0594. The molecule has 0 radical (unpaired) electrons. The average molecular weight is 524 g/mol. The van der Waals surface area contributed by atoms with E-state index in [-0.39, 0.29) is 27.9 Å². The normalized spacial score (nSPS) is 14.8. The van der Waals surface area contributed by atoms with Crippen molar-refractivity contribution in [2.75, 3.05) is 5.73 Å². The second-order valence-electron chi connectivity index (χ2n) is 8.28. The van der Waals surface area contributed by atoms with Crippen LogP contribution in [0.1, 0.15) is 23.9 Å². The molecule has 1 atom stereocenters. The number of imidazole rings is 1. The van der Waals surface area contributed by atoms with E-state index in [9.17, 15) is 9.18 Å². The molecular formula is C23H16Cl2FN9O. The van der Waals surface area contributed by atoms with Gasteiger partial charge < -0.3 is 15.3 Å². The lowest BCUT2D eigenvalue weighted by atomic mass is 10.0. The minimum atomic E-state index is -0.763. The van der Waals surface area contributed by atoms with Gasteiger partial charge >= 0.3 is 0 Å². The third-order valence-corrected chi connectivity index (χ3v) is 6.67. The number of rotatable bonds is 4. The van der Waals surface area contributed by atoms with Crippen LogP contribution in [0.4, 0.5) is 10.2 Å². The van der Waals surface area contributed by atoms with Gasteiger partial charge in [-0.15, -0.1) is 5.10 Å². The maximum absolute atomic E-state index is 14.4. The van der Waals surface area contributed by atoms with Crippen LogP contribution in [0.2, 0.25) is 10.2 Å². The molecule has 0 bridgehead atoms. The SMILES string of the molecule is Nc1ccc(-c2nc(Cl)c([C@@H]3CCc4cc(-c5cc(Cl)ccc5-n5cnnn5)cc(=O)n43)[nH]2)c(F)n1. The largest absolute Gasteiger partial charge is 0.384 e. The molecule has 0 spiro atoms. The fraction of sp³-hybridized carbons (Fsp3) is 0.130. The summed E-state index contributed by atoms with van der Waals surface area (Å²) in [4.78, 5) is 24.4. The first kappa shape index (κ1) is 22.4. The van der Waals surface area contributed by atoms with Crippen molar-refractivity contribution < 1.29 is 4.39 Å². The predicted molar refractivity (Wildman–Crippen MR) is 132 cm³/mol. The van der Waals surface area contributed by atoms with Gasteiger partial charge in [0.2, 0.25) is 5.95 Å². The Kier molecular flexibility index (Phi) is 5.31. The molecule has 1 aliphatic heterocycles. The molecule has 0 saturated carbocycles. The molecule has 4 aromatic heterocycles. The van der Waals surface area contributed by atoms with E-state index in [1.54, 1.807) is 22.8 Å². The second kappa shape index (κ2) is 8.54. The zero-order valence-corrected chi connectivity index (χ0v) is 19.9. The molecule has 5 heterocycles. The van der Waals surface area contributed by atoms with Gasteiger partial charge in [-0.2, -0.15) is 9.07 Å². The third kappa shape index (κ3) is 3.73. The predicted octanol–water partition coefficient (Wildman–Crippen LogP) is 3.84. The summed E-state index contributed by atoms with van der Waals surface area (Å²) in [5.41, 5.74) is 8.88. The van der Waals surface area contributed by atoms with Crippen LogP contribution in [-0.2, 0) is 6.42 Å². The van der Waals surface area contributed by atoms with E-state index in [1.165, 1.54) is 29.2 Å². The summed E-state index contributed by atoms with van der Waals surface area (Å²) in [6.07, 6.45) is 2.70. The first-order valence-electron chi connectivity index (χ1n) is 10.9. The van der Waals surface area contributed by atoms with E-state index in [2.05, 4.69) is 30.5 Å². The Morgan fingerprint density at radius 3 is 2.72 bits per heavy atom. The van der Waals surface area contributed by atoms with E-state index in [0.717, 1.165) is 5.69 Å². The Balaban J connectivity index is 1.42. The molecule has 0 saturated heterocycles. The number of benzene rings is 1. The molecule has 0 amide bonds. The van der Waals surface area contributed by atoms with Gasteiger partial charge in [0, 0.05) is 22.3 Å². The molecule has 13 heteroatoms. The van der Waals surface area contributed by atoms with Crippen molar-refractivity contribution in [1.29, 1.82) is 0 Å². The number of nitrogens with one attached hydrogen (secondary N) is 1. The van der Waals surface area contributed by atoms with E-state index in [4.69, 9.17) is 28.9 Å². The molecule has 5 aromatic rings. The van der Waals surface area contributed by atoms with Crippen LogP contribution in [0, 0.1) is 5.95 Å². The van der Waals surface area contributed by atoms with Crippen molar-refractivity contribution in [3.05, 3.63) is 86.7 Å². The number of nitrogens with two attached hydrogens (primary N) is 1. The molecule has 0 fully saturated rings. The number of aryl methyl sites for hydroxylation is 1. The standard InChI is InChI=1S/C23H16Cl2FN9O/c24-12-1-4-16(34-10-28-32-33-34)15(9-12)11-7-13-2-5-17(35(13)19(36)8-11)20-21(25)31-23(30-20)14-3-6-18(27)29-22(14)26/h1,3-4,6-10,17H,2,5H2,(H2,27,29)(H,30,31)/t17-/m0/s1. The molecule has 180 valence electrons. The van der Waals surface area contributed by atoms with Crippen LogP contribution in [0.25, 0.3) is 28.2 Å². The highest BCUT2D eigenvalue weighted by Crippen LogP contribution is 2.37. The highest BCUT2D eigenvalue weighted by atomic mass is 35.5. The van der Waals surface area contributed by atoms with Crippen molar-refractivity contribution in [3.8, 4) is 28.2 Å². The number of pyridine rings is 2. The zero-order valence-electron chi connectivity index (χ0n) is 18.4. The van der Waals surface area contributed by atoms with Crippen molar-refractivity contribution in [3.63, 3.8) is 0 Å². The number of H-pyrrole nitrogens is 1. The minimum Gasteiger partial charge on any atom is -0.384 e. The molecule has 10 nitrogen and oxygen atoms in total. The number of nitrogen functional groups attached to an aromatic ring is 1. The van der Waals surface area contributed by atoms with Crippen LogP contribution in [0.5, 0.6) is 0 Å². The Labute approximate surface area is 212 Å². The molecule has 6 rings (SSSR count). The Bertz CT molecular complexity index is 1680. The highest BCUT2D eigenvalue weighted by molar-refractivity contribution is 6.31. The number of anilines is 1. The summed E-state index contributed by atoms with van der Waals surface area (Å²) in [6.45, 7) is 0. The second-order valence-corrected chi connectivity index (χ2v) is 9.07. The fourth-order valence-electron chi connectivity index (χ4n) is 4.57. The van der Waals surface area contributed by atoms with Gasteiger partial charge in [-0.3, -0.25) is 4.79 Å². The smallest absolute Gasteiger partial charge is 0.251 e. The average Bonchev–Trinajstić information content (AvgIpc) is 3.59. The van der Waals surface area contributed by atoms with Gasteiger partial charge in [-0.25, -0.2) is 9.97 Å². The van der Waals surface area contributed by atoms with Crippen molar-refractivity contribution in [2.24, 2.45) is 0 Å². The molecular weight excluding hydrogens is 508 g/mol. The van der Waals surface area contributed by atoms with Crippen molar-refractivity contribution >= 4 is 29.0 Å². The third-order valence-electron chi connectivity index (χ3n) is 6.14. The number of aromatic nitrogens is 8. The lowest BCUT2D eigenvalue weighted by Gasteiger charge is -2.15. The van der Waals surface area contributed by atoms with E-state index in [1.807, 2.05) is 6.07 Å². The first-order chi connectivity index (χ1) is 17.4. The summed E-state index contributed by atoms with van der Waals surface area (Å²) in [6, 6.07) is 11.3. The Hall–Kier alpha value is -4.09. The van der Waals surface area contributed by atoms with Crippen molar-refractivity contribution in [2.45, 2.75) is 18.9 Å². The van der Waals surface area contributed by atoms with Gasteiger partial charge in [-0.05, 0) is 65.2 Å². The number of hydrogen-bond donors (Lipinski definition) is 2. The Morgan fingerprint density at radius 1 is 1.08 bits per heavy atom. The monoisotopic (exact) mass is 523 g/mol. The number of halogens is 3. The van der Waals surface area contributed by atoms with Crippen molar-refractivity contribution in [1.82, 2.24) is 39.7 Å². The molecule has 0 unspecified atom stereocenters. The zero-order chi connectivity index (χ0) is 25.0. The van der Waals surface area contributed by atoms with Crippen LogP contribution in [0.3, 0.4) is 0 Å². The summed E-state index contributed by atoms with van der Waals surface area (Å²) in [5.74, 6) is -0.493. The molecule has 36 heavy (non-hydrogen) atoms. The van der Waals surface area contributed by atoms with Crippen LogP contribution in [0.15, 0.2) is 53.6 Å². The topological polar surface area (TPSA) is 133 Å². The van der Waals surface area contributed by atoms with E-state index >= 15 is 0 Å². The summed E-state index contributed by atoms with van der Waals surface area (Å²) in [5, 5.41) is 12.0. The lowest BCUT2D eigenvalue weighted by molar-refractivity contribution is 0.584. The Morgan fingerprint density at radius 2 is 1.94 bits per heavy atom. The highest BCUT2D eigenvalue weighted by Gasteiger charge is 2.30. The number of nitrogens with zero attached hydrogens (tertiary/aromatic N) is 7. The van der Waals surface area contributed by atoms with Crippen LogP contribution >= 0.6 is 23.2 Å². The summed E-state index contributed by atoms with van der Waals surface area (Å²) < 4.78 is 17.5. The van der Waals surface area contributed by atoms with E-state index < -0.39 is 12.0 Å². The van der Waals surface area contributed by atoms with Gasteiger partial charge in [0.05, 0.1) is 23.0 Å². The van der Waals surface area contributed by atoms with Gasteiger partial charge in [0.25, 0.3) is 5.56 Å². The van der Waals surface area contributed by atoms with Gasteiger partial charge in [0.1, 0.15) is 18.0 Å².